The highest BCUT2D eigenvalue weighted by Gasteiger charge is 2.34. The Hall–Kier alpha value is -2.93. The summed E-state index contributed by atoms with van der Waals surface area (Å²) in [7, 11) is 3.28. The van der Waals surface area contributed by atoms with E-state index in [2.05, 4.69) is 9.97 Å². The van der Waals surface area contributed by atoms with Crippen LogP contribution in [0.2, 0.25) is 0 Å². The van der Waals surface area contributed by atoms with Gasteiger partial charge in [-0.05, 0) is 44.0 Å². The lowest BCUT2D eigenvalue weighted by atomic mass is 10.0. The van der Waals surface area contributed by atoms with E-state index in [-0.39, 0.29) is 11.9 Å². The Labute approximate surface area is 174 Å². The van der Waals surface area contributed by atoms with E-state index in [9.17, 15) is 4.79 Å². The number of rotatable bonds is 5. The maximum Gasteiger partial charge on any atom is 0.266 e. The summed E-state index contributed by atoms with van der Waals surface area (Å²) in [5, 5.41) is 0.768. The number of nitrogens with zero attached hydrogens (tertiary/aromatic N) is 3. The molecule has 0 saturated carbocycles. The zero-order chi connectivity index (χ0) is 20.4. The molecule has 3 heterocycles. The third-order valence-corrected chi connectivity index (χ3v) is 6.36. The molecule has 150 valence electrons. The Morgan fingerprint density at radius 3 is 2.79 bits per heavy atom. The molecule has 6 nitrogen and oxygen atoms in total. The molecule has 0 N–H and O–H groups in total. The molecule has 1 aliphatic heterocycles. The number of carbonyl (C=O) groups excluding carboxylic acids is 1. The average molecular weight is 410 g/mol. The van der Waals surface area contributed by atoms with Crippen LogP contribution in [0.1, 0.15) is 39.8 Å². The molecule has 0 bridgehead atoms. The summed E-state index contributed by atoms with van der Waals surface area (Å²) < 4.78 is 10.9. The number of ether oxygens (including phenoxy) is 2. The Bertz CT molecular complexity index is 1020. The smallest absolute Gasteiger partial charge is 0.266 e. The Kier molecular flexibility index (Phi) is 5.49. The van der Waals surface area contributed by atoms with Crippen LogP contribution in [-0.4, -0.2) is 41.5 Å². The zero-order valence-electron chi connectivity index (χ0n) is 16.7. The number of carbonyl (C=O) groups is 1. The second-order valence-corrected chi connectivity index (χ2v) is 7.91. The van der Waals surface area contributed by atoms with Gasteiger partial charge in [0.05, 0.1) is 31.6 Å². The van der Waals surface area contributed by atoms with Crippen LogP contribution in [0.15, 0.2) is 42.6 Å². The lowest BCUT2D eigenvalue weighted by Crippen LogP contribution is -2.30. The number of likely N-dealkylation sites (tertiary alicyclic amines) is 1. The van der Waals surface area contributed by atoms with E-state index < -0.39 is 0 Å². The summed E-state index contributed by atoms with van der Waals surface area (Å²) >= 11 is 1.40. The van der Waals surface area contributed by atoms with Crippen LogP contribution in [0, 0.1) is 6.92 Å². The molecule has 1 aliphatic rings. The molecular weight excluding hydrogens is 386 g/mol. The minimum atomic E-state index is -0.0249. The summed E-state index contributed by atoms with van der Waals surface area (Å²) in [6.07, 6.45) is 3.59. The number of benzene rings is 1. The van der Waals surface area contributed by atoms with E-state index in [4.69, 9.17) is 9.47 Å². The van der Waals surface area contributed by atoms with E-state index in [1.165, 1.54) is 11.3 Å². The molecule has 3 aromatic rings. The quantitative estimate of drug-likeness (QED) is 0.620. The highest BCUT2D eigenvalue weighted by atomic mass is 32.1. The van der Waals surface area contributed by atoms with E-state index in [1.54, 1.807) is 20.4 Å². The molecule has 1 amide bonds. The molecule has 2 aromatic heterocycles. The largest absolute Gasteiger partial charge is 0.497 e. The number of methoxy groups -OCH3 is 2. The Morgan fingerprint density at radius 1 is 1.21 bits per heavy atom. The normalized spacial score (nSPS) is 16.1. The highest BCUT2D eigenvalue weighted by Crippen LogP contribution is 2.40. The minimum Gasteiger partial charge on any atom is -0.497 e. The second-order valence-electron chi connectivity index (χ2n) is 6.91. The van der Waals surface area contributed by atoms with E-state index in [0.29, 0.717) is 4.88 Å². The molecular formula is C22H23N3O3S. The number of aromatic nitrogens is 2. The maximum atomic E-state index is 13.4. The Morgan fingerprint density at radius 2 is 2.07 bits per heavy atom. The van der Waals surface area contributed by atoms with Gasteiger partial charge in [0.1, 0.15) is 21.4 Å². The van der Waals surface area contributed by atoms with Crippen molar-refractivity contribution < 1.29 is 14.3 Å². The topological polar surface area (TPSA) is 64.5 Å². The van der Waals surface area contributed by atoms with Crippen LogP contribution in [0.5, 0.6) is 11.5 Å². The van der Waals surface area contributed by atoms with Gasteiger partial charge in [-0.25, -0.2) is 4.98 Å². The maximum absolute atomic E-state index is 13.4. The molecule has 0 radical (unpaired) electrons. The van der Waals surface area contributed by atoms with E-state index in [1.807, 2.05) is 48.2 Å². The van der Waals surface area contributed by atoms with Crippen molar-refractivity contribution in [2.75, 3.05) is 20.8 Å². The van der Waals surface area contributed by atoms with Crippen molar-refractivity contribution in [3.8, 4) is 22.2 Å². The second kappa shape index (κ2) is 8.21. The fourth-order valence-corrected chi connectivity index (χ4v) is 4.75. The van der Waals surface area contributed by atoms with Crippen molar-refractivity contribution in [3.63, 3.8) is 0 Å². The van der Waals surface area contributed by atoms with Gasteiger partial charge in [0, 0.05) is 24.4 Å². The predicted molar refractivity (Wildman–Crippen MR) is 113 cm³/mol. The average Bonchev–Trinajstić information content (AvgIpc) is 3.40. The monoisotopic (exact) mass is 409 g/mol. The predicted octanol–water partition coefficient (Wildman–Crippen LogP) is 4.51. The van der Waals surface area contributed by atoms with Gasteiger partial charge in [-0.3, -0.25) is 9.78 Å². The molecule has 0 spiro atoms. The molecule has 1 saturated heterocycles. The third kappa shape index (κ3) is 3.70. The standard InChI is InChI=1S/C22H23N3O3S/c1-14-20(29-21(24-14)17-7-4-5-11-23-17)22(26)25-12-6-8-18(25)16-10-9-15(27-2)13-19(16)28-3/h4-5,7,9-11,13,18H,6,8,12H2,1-3H3. The minimum absolute atomic E-state index is 0.0163. The first-order chi connectivity index (χ1) is 14.1. The van der Waals surface area contributed by atoms with Crippen LogP contribution >= 0.6 is 11.3 Å². The number of hydrogen-bond donors (Lipinski definition) is 0. The molecule has 29 heavy (non-hydrogen) atoms. The van der Waals surface area contributed by atoms with Crippen molar-refractivity contribution in [3.05, 3.63) is 58.7 Å². The van der Waals surface area contributed by atoms with Crippen molar-refractivity contribution >= 4 is 17.2 Å². The van der Waals surface area contributed by atoms with E-state index >= 15 is 0 Å². The fraction of sp³-hybridized carbons (Fsp3) is 0.318. The summed E-state index contributed by atoms with van der Waals surface area (Å²) in [6, 6.07) is 11.5. The van der Waals surface area contributed by atoms with Crippen LogP contribution in [-0.2, 0) is 0 Å². The van der Waals surface area contributed by atoms with Crippen LogP contribution in [0.3, 0.4) is 0 Å². The molecule has 4 rings (SSSR count). The molecule has 1 unspecified atom stereocenters. The van der Waals surface area contributed by atoms with Crippen molar-refractivity contribution in [2.24, 2.45) is 0 Å². The van der Waals surface area contributed by atoms with Gasteiger partial charge in [-0.2, -0.15) is 0 Å². The van der Waals surface area contributed by atoms with Crippen molar-refractivity contribution in [1.29, 1.82) is 0 Å². The van der Waals surface area contributed by atoms with Crippen LogP contribution in [0.25, 0.3) is 10.7 Å². The Balaban J connectivity index is 1.65. The van der Waals surface area contributed by atoms with Gasteiger partial charge >= 0.3 is 0 Å². The first-order valence-corrected chi connectivity index (χ1v) is 10.4. The third-order valence-electron chi connectivity index (χ3n) is 5.19. The first-order valence-electron chi connectivity index (χ1n) is 9.54. The van der Waals surface area contributed by atoms with Gasteiger partial charge < -0.3 is 14.4 Å². The van der Waals surface area contributed by atoms with Crippen molar-refractivity contribution in [1.82, 2.24) is 14.9 Å². The number of thiazole rings is 1. The number of amides is 1. The lowest BCUT2D eigenvalue weighted by Gasteiger charge is -2.26. The number of hydrogen-bond acceptors (Lipinski definition) is 6. The van der Waals surface area contributed by atoms with Crippen LogP contribution in [0.4, 0.5) is 0 Å². The van der Waals surface area contributed by atoms with Gasteiger partial charge in [0.15, 0.2) is 0 Å². The fourth-order valence-electron chi connectivity index (χ4n) is 3.75. The van der Waals surface area contributed by atoms with E-state index in [0.717, 1.165) is 52.8 Å². The first kappa shape index (κ1) is 19.4. The lowest BCUT2D eigenvalue weighted by molar-refractivity contribution is 0.0738. The molecule has 7 heteroatoms. The number of aryl methyl sites for hydroxylation is 1. The summed E-state index contributed by atoms with van der Waals surface area (Å²) in [4.78, 5) is 25.0. The van der Waals surface area contributed by atoms with Crippen molar-refractivity contribution in [2.45, 2.75) is 25.8 Å². The van der Waals surface area contributed by atoms with Gasteiger partial charge in [-0.15, -0.1) is 11.3 Å². The SMILES string of the molecule is COc1ccc(C2CCCN2C(=O)c2sc(-c3ccccn3)nc2C)c(OC)c1. The van der Waals surface area contributed by atoms with Gasteiger partial charge in [-0.1, -0.05) is 6.07 Å². The molecule has 1 atom stereocenters. The summed E-state index contributed by atoms with van der Waals surface area (Å²) in [5.41, 5.74) is 2.54. The summed E-state index contributed by atoms with van der Waals surface area (Å²) in [5.74, 6) is 1.49. The van der Waals surface area contributed by atoms with Crippen LogP contribution < -0.4 is 9.47 Å². The zero-order valence-corrected chi connectivity index (χ0v) is 17.5. The summed E-state index contributed by atoms with van der Waals surface area (Å²) in [6.45, 7) is 2.60. The highest BCUT2D eigenvalue weighted by molar-refractivity contribution is 7.17. The number of pyridine rings is 1. The molecule has 1 fully saturated rings. The molecule has 0 aliphatic carbocycles. The molecule has 1 aromatic carbocycles. The van der Waals surface area contributed by atoms with Gasteiger partial charge in [0.25, 0.3) is 5.91 Å². The van der Waals surface area contributed by atoms with Gasteiger partial charge in [0.2, 0.25) is 0 Å².